The van der Waals surface area contributed by atoms with Gasteiger partial charge in [-0.05, 0) is 47.7 Å². The number of nitrogens with zero attached hydrogens (tertiary/aromatic N) is 3. The van der Waals surface area contributed by atoms with Gasteiger partial charge in [-0.15, -0.1) is 0 Å². The van der Waals surface area contributed by atoms with Crippen LogP contribution in [0.15, 0.2) is 46.1 Å². The number of anilines is 1. The molecular formula is C21H16F2N4O4S. The van der Waals surface area contributed by atoms with Crippen LogP contribution in [-0.2, 0) is 23.7 Å². The van der Waals surface area contributed by atoms with Crippen molar-refractivity contribution < 1.29 is 23.2 Å². The number of aryl methyl sites for hydroxylation is 2. The van der Waals surface area contributed by atoms with Crippen molar-refractivity contribution in [2.24, 2.45) is 14.1 Å². The first-order valence-corrected chi connectivity index (χ1v) is 10.1. The van der Waals surface area contributed by atoms with E-state index in [-0.39, 0.29) is 16.3 Å². The van der Waals surface area contributed by atoms with Gasteiger partial charge in [0.05, 0.1) is 21.6 Å². The second-order valence-electron chi connectivity index (χ2n) is 7.09. The number of fused-ring (bicyclic) bond motifs is 1. The Hall–Kier alpha value is -3.73. The molecule has 32 heavy (non-hydrogen) atoms. The molecule has 11 heteroatoms. The van der Waals surface area contributed by atoms with Crippen LogP contribution in [0.4, 0.5) is 19.3 Å². The van der Waals surface area contributed by atoms with Crippen LogP contribution in [-0.4, -0.2) is 37.6 Å². The molecule has 0 unspecified atom stereocenters. The highest BCUT2D eigenvalue weighted by Gasteiger charge is 2.36. The van der Waals surface area contributed by atoms with Crippen LogP contribution in [0, 0.1) is 11.6 Å². The molecule has 0 aliphatic carbocycles. The normalized spacial score (nSPS) is 15.2. The maximum absolute atomic E-state index is 13.7. The van der Waals surface area contributed by atoms with E-state index in [4.69, 9.17) is 0 Å². The molecule has 3 aromatic rings. The molecule has 164 valence electrons. The Bertz CT molecular complexity index is 1390. The second kappa shape index (κ2) is 8.08. The molecule has 0 saturated carbocycles. The fourth-order valence-corrected chi connectivity index (χ4v) is 4.16. The third-order valence-corrected chi connectivity index (χ3v) is 5.88. The first-order valence-electron chi connectivity index (χ1n) is 9.31. The number of amides is 3. The van der Waals surface area contributed by atoms with E-state index in [0.717, 1.165) is 17.0 Å². The molecule has 0 radical (unpaired) electrons. The van der Waals surface area contributed by atoms with Gasteiger partial charge < -0.3 is 5.32 Å². The largest absolute Gasteiger partial charge is 0.328 e. The van der Waals surface area contributed by atoms with Crippen molar-refractivity contribution in [3.63, 3.8) is 0 Å². The highest BCUT2D eigenvalue weighted by Crippen LogP contribution is 2.32. The van der Waals surface area contributed by atoms with Crippen molar-refractivity contribution in [2.75, 3.05) is 11.9 Å². The van der Waals surface area contributed by atoms with Crippen molar-refractivity contribution in [1.82, 2.24) is 14.0 Å². The Morgan fingerprint density at radius 2 is 1.75 bits per heavy atom. The Balaban J connectivity index is 1.53. The molecule has 1 fully saturated rings. The Kier molecular flexibility index (Phi) is 5.43. The monoisotopic (exact) mass is 458 g/mol. The number of rotatable bonds is 4. The van der Waals surface area contributed by atoms with E-state index in [1.807, 2.05) is 0 Å². The number of halogens is 2. The summed E-state index contributed by atoms with van der Waals surface area (Å²) >= 11 is 0.669. The number of hydrogen-bond donors (Lipinski definition) is 1. The Morgan fingerprint density at radius 3 is 2.47 bits per heavy atom. The van der Waals surface area contributed by atoms with E-state index < -0.39 is 35.2 Å². The average Bonchev–Trinajstić information content (AvgIpc) is 3.12. The molecule has 4 rings (SSSR count). The second-order valence-corrected chi connectivity index (χ2v) is 8.08. The summed E-state index contributed by atoms with van der Waals surface area (Å²) in [5.41, 5.74) is 1.52. The lowest BCUT2D eigenvalue weighted by molar-refractivity contribution is -0.127. The molecule has 2 heterocycles. The predicted molar refractivity (Wildman–Crippen MR) is 116 cm³/mol. The van der Waals surface area contributed by atoms with E-state index in [1.54, 1.807) is 32.3 Å². The minimum atomic E-state index is -0.974. The van der Waals surface area contributed by atoms with Gasteiger partial charge in [-0.25, -0.2) is 13.6 Å². The van der Waals surface area contributed by atoms with Crippen LogP contribution >= 0.6 is 11.8 Å². The first kappa shape index (κ1) is 21.5. The highest BCUT2D eigenvalue weighted by molar-refractivity contribution is 8.18. The smallest absolute Gasteiger partial charge is 0.322 e. The van der Waals surface area contributed by atoms with E-state index in [9.17, 15) is 28.0 Å². The van der Waals surface area contributed by atoms with E-state index in [2.05, 4.69) is 5.32 Å². The molecule has 0 atom stereocenters. The highest BCUT2D eigenvalue weighted by atomic mass is 32.2. The minimum Gasteiger partial charge on any atom is -0.322 e. The Morgan fingerprint density at radius 1 is 1.03 bits per heavy atom. The van der Waals surface area contributed by atoms with Crippen molar-refractivity contribution in [3.8, 4) is 0 Å². The van der Waals surface area contributed by atoms with Crippen molar-refractivity contribution in [1.29, 1.82) is 0 Å². The van der Waals surface area contributed by atoms with Gasteiger partial charge in [0, 0.05) is 20.2 Å². The fourth-order valence-electron chi connectivity index (χ4n) is 3.33. The summed E-state index contributed by atoms with van der Waals surface area (Å²) in [6.45, 7) is -0.620. The summed E-state index contributed by atoms with van der Waals surface area (Å²) in [6, 6.07) is 7.79. The summed E-state index contributed by atoms with van der Waals surface area (Å²) in [5, 5.41) is 1.56. The summed E-state index contributed by atoms with van der Waals surface area (Å²) in [5.74, 6) is -3.25. The summed E-state index contributed by atoms with van der Waals surface area (Å²) in [4.78, 5) is 50.1. The van der Waals surface area contributed by atoms with Crippen LogP contribution in [0.5, 0.6) is 0 Å². The number of hydrogen-bond acceptors (Lipinski definition) is 5. The number of imide groups is 1. The summed E-state index contributed by atoms with van der Waals surface area (Å²) in [6.07, 6.45) is 1.50. The lowest BCUT2D eigenvalue weighted by Crippen LogP contribution is -2.36. The first-order chi connectivity index (χ1) is 15.2. The molecule has 1 aliphatic heterocycles. The number of imidazole rings is 1. The molecule has 8 nitrogen and oxygen atoms in total. The van der Waals surface area contributed by atoms with Crippen LogP contribution in [0.25, 0.3) is 17.1 Å². The van der Waals surface area contributed by atoms with E-state index in [1.165, 1.54) is 15.2 Å². The van der Waals surface area contributed by atoms with Gasteiger partial charge in [-0.2, -0.15) is 0 Å². The molecule has 2 aromatic carbocycles. The zero-order valence-corrected chi connectivity index (χ0v) is 17.7. The Labute approximate surface area is 184 Å². The quantitative estimate of drug-likeness (QED) is 0.607. The predicted octanol–water partition coefficient (Wildman–Crippen LogP) is 2.83. The summed E-state index contributed by atoms with van der Waals surface area (Å²) < 4.78 is 29.7. The summed E-state index contributed by atoms with van der Waals surface area (Å²) in [7, 11) is 3.28. The topological polar surface area (TPSA) is 93.4 Å². The van der Waals surface area contributed by atoms with Gasteiger partial charge >= 0.3 is 5.69 Å². The lowest BCUT2D eigenvalue weighted by atomic mass is 10.2. The van der Waals surface area contributed by atoms with Crippen molar-refractivity contribution in [3.05, 3.63) is 69.0 Å². The van der Waals surface area contributed by atoms with Crippen LogP contribution in [0.1, 0.15) is 5.56 Å². The fraction of sp³-hybridized carbons (Fsp3) is 0.143. The zero-order chi connectivity index (χ0) is 23.2. The SMILES string of the molecule is Cn1c(=O)n(C)c2cc(C=C3SC(=O)N(CC(=O)Nc4ccc(F)cc4F)C3=O)ccc21. The molecule has 3 amide bonds. The van der Waals surface area contributed by atoms with Gasteiger partial charge in [-0.1, -0.05) is 6.07 Å². The molecule has 1 aliphatic rings. The number of thioether (sulfide) groups is 1. The molecule has 0 spiro atoms. The van der Waals surface area contributed by atoms with Crippen LogP contribution in [0.2, 0.25) is 0 Å². The third-order valence-electron chi connectivity index (χ3n) is 4.97. The van der Waals surface area contributed by atoms with E-state index in [0.29, 0.717) is 34.4 Å². The maximum atomic E-state index is 13.7. The molecule has 1 saturated heterocycles. The minimum absolute atomic E-state index is 0.107. The number of nitrogens with one attached hydrogen (secondary N) is 1. The molecule has 0 bridgehead atoms. The molecular weight excluding hydrogens is 442 g/mol. The van der Waals surface area contributed by atoms with Gasteiger partial charge in [0.1, 0.15) is 18.2 Å². The number of carbonyl (C=O) groups is 3. The lowest BCUT2D eigenvalue weighted by Gasteiger charge is -2.12. The third kappa shape index (κ3) is 3.82. The molecule has 1 aromatic heterocycles. The number of carbonyl (C=O) groups excluding carboxylic acids is 3. The van der Waals surface area contributed by atoms with E-state index >= 15 is 0 Å². The molecule has 1 N–H and O–H groups in total. The van der Waals surface area contributed by atoms with Crippen LogP contribution < -0.4 is 11.0 Å². The van der Waals surface area contributed by atoms with Gasteiger partial charge in [0.2, 0.25) is 5.91 Å². The number of benzene rings is 2. The van der Waals surface area contributed by atoms with Crippen molar-refractivity contribution in [2.45, 2.75) is 0 Å². The standard InChI is InChI=1S/C21H16F2N4O4S/c1-25-15-6-3-11(7-16(15)26(2)20(25)30)8-17-19(29)27(21(31)32-17)10-18(28)24-14-5-4-12(22)9-13(14)23/h3-9H,10H2,1-2H3,(H,24,28). The van der Waals surface area contributed by atoms with Crippen LogP contribution in [0.3, 0.4) is 0 Å². The zero-order valence-electron chi connectivity index (χ0n) is 16.9. The van der Waals surface area contributed by atoms with Gasteiger partial charge in [-0.3, -0.25) is 28.4 Å². The number of aromatic nitrogens is 2. The average molecular weight is 458 g/mol. The van der Waals surface area contributed by atoms with Gasteiger partial charge in [0.15, 0.2) is 0 Å². The van der Waals surface area contributed by atoms with Gasteiger partial charge in [0.25, 0.3) is 11.1 Å². The maximum Gasteiger partial charge on any atom is 0.328 e. The van der Waals surface area contributed by atoms with Crippen molar-refractivity contribution >= 4 is 51.6 Å².